The van der Waals surface area contributed by atoms with Gasteiger partial charge in [-0.05, 0) is 132 Å². The summed E-state index contributed by atoms with van der Waals surface area (Å²) in [6, 6.07) is 37.2. The number of anilines is 1. The molecule has 0 aromatic heterocycles. The Morgan fingerprint density at radius 1 is 0.667 bits per heavy atom. The molecule has 5 aromatic carbocycles. The van der Waals surface area contributed by atoms with Gasteiger partial charge in [-0.25, -0.2) is 4.58 Å². The first-order valence-corrected chi connectivity index (χ1v) is 36.5. The van der Waals surface area contributed by atoms with Crippen molar-refractivity contribution in [1.29, 1.82) is 0 Å². The summed E-state index contributed by atoms with van der Waals surface area (Å²) in [5, 5.41) is 20.9. The fourth-order valence-corrected chi connectivity index (χ4v) is 14.0. The highest BCUT2D eigenvalue weighted by Gasteiger charge is 2.37. The van der Waals surface area contributed by atoms with Gasteiger partial charge in [0.1, 0.15) is 42.0 Å². The highest BCUT2D eigenvalue weighted by atomic mass is 32.2. The van der Waals surface area contributed by atoms with Crippen molar-refractivity contribution in [3.63, 3.8) is 0 Å². The van der Waals surface area contributed by atoms with Crippen LogP contribution in [0.2, 0.25) is 0 Å². The van der Waals surface area contributed by atoms with Crippen LogP contribution in [0.25, 0.3) is 33.4 Å². The van der Waals surface area contributed by atoms with Gasteiger partial charge in [0.05, 0.1) is 19.8 Å². The summed E-state index contributed by atoms with van der Waals surface area (Å²) < 4.78 is 53.9. The van der Waals surface area contributed by atoms with Crippen LogP contribution in [-0.2, 0) is 53.4 Å². The van der Waals surface area contributed by atoms with Gasteiger partial charge in [0, 0.05) is 140 Å². The number of ether oxygens (including phenoxy) is 1. The molecule has 1 aliphatic carbocycles. The van der Waals surface area contributed by atoms with Crippen molar-refractivity contribution in [2.75, 3.05) is 83.2 Å². The molecule has 3 heterocycles. The first-order chi connectivity index (χ1) is 47.8. The number of benzene rings is 6. The summed E-state index contributed by atoms with van der Waals surface area (Å²) in [5.41, 5.74) is 9.29. The van der Waals surface area contributed by atoms with Gasteiger partial charge in [0.25, 0.3) is 21.9 Å². The Labute approximate surface area is 580 Å². The molecule has 1 unspecified atom stereocenters. The molecule has 99 heavy (non-hydrogen) atoms. The fourth-order valence-electron chi connectivity index (χ4n) is 13.3. The highest BCUT2D eigenvalue weighted by Crippen LogP contribution is 2.42. The molecular weight excluding hydrogens is 1280 g/mol. The summed E-state index contributed by atoms with van der Waals surface area (Å²) >= 11 is 0. The number of methoxy groups -OCH3 is 1. The van der Waals surface area contributed by atoms with Crippen LogP contribution < -0.4 is 41.0 Å². The van der Waals surface area contributed by atoms with Crippen LogP contribution >= 0.6 is 0 Å². The molecule has 524 valence electrons. The maximum Gasteiger partial charge on any atom is 0.495 e. The number of nitrogens with zero attached hydrogens (tertiary/aromatic N) is 4. The lowest BCUT2D eigenvalue weighted by molar-refractivity contribution is -0.133. The van der Waals surface area contributed by atoms with E-state index >= 15 is 0 Å². The topological polar surface area (TPSA) is 275 Å². The minimum Gasteiger partial charge on any atom is -0.497 e. The van der Waals surface area contributed by atoms with Crippen LogP contribution in [0.4, 0.5) is 5.69 Å². The molecule has 21 nitrogen and oxygen atoms in total. The van der Waals surface area contributed by atoms with Gasteiger partial charge in [0.2, 0.25) is 23.1 Å². The van der Waals surface area contributed by atoms with Crippen molar-refractivity contribution in [3.8, 4) is 28.2 Å². The molecule has 0 bridgehead atoms. The lowest BCUT2D eigenvalue weighted by atomic mass is 9.75. The van der Waals surface area contributed by atoms with Gasteiger partial charge < -0.3 is 49.5 Å². The molecule has 1 fully saturated rings. The van der Waals surface area contributed by atoms with Crippen molar-refractivity contribution in [2.45, 2.75) is 130 Å². The van der Waals surface area contributed by atoms with E-state index in [-0.39, 0.29) is 81.2 Å². The number of amides is 5. The van der Waals surface area contributed by atoms with E-state index in [1.807, 2.05) is 66.7 Å². The number of unbranched alkanes of at least 4 members (excludes halogenated alkanes) is 5. The van der Waals surface area contributed by atoms with Gasteiger partial charge in [-0.1, -0.05) is 85.6 Å². The van der Waals surface area contributed by atoms with E-state index in [0.717, 1.165) is 89.7 Å². The molecule has 5 aromatic rings. The molecule has 1 atom stereocenters. The first-order valence-electron chi connectivity index (χ1n) is 34.9. The van der Waals surface area contributed by atoms with Crippen molar-refractivity contribution in [2.24, 2.45) is 0 Å². The second kappa shape index (κ2) is 35.7. The zero-order chi connectivity index (χ0) is 70.6. The maximum absolute atomic E-state index is 14.6. The van der Waals surface area contributed by atoms with Crippen LogP contribution in [0.15, 0.2) is 126 Å². The molecule has 3 aliphatic heterocycles. The lowest BCUT2D eigenvalue weighted by Gasteiger charge is -2.35. The number of piperazine rings is 1. The molecule has 0 saturated carbocycles. The third-order valence-electron chi connectivity index (χ3n) is 18.7. The predicted molar refractivity (Wildman–Crippen MR) is 384 cm³/mol. The quantitative estimate of drug-likeness (QED) is 0.00622. The van der Waals surface area contributed by atoms with Crippen molar-refractivity contribution in [1.82, 2.24) is 30.3 Å². The highest BCUT2D eigenvalue weighted by molar-refractivity contribution is 7.85. The normalized spacial score (nSPS) is 13.3. The zero-order valence-corrected chi connectivity index (χ0v) is 58.4. The van der Waals surface area contributed by atoms with Crippen molar-refractivity contribution in [3.05, 3.63) is 166 Å². The number of aryl methyl sites for hydroxylation is 2. The minimum absolute atomic E-state index is 0.0206. The van der Waals surface area contributed by atoms with E-state index in [9.17, 15) is 51.6 Å². The Kier molecular flexibility index (Phi) is 26.7. The second-order valence-electron chi connectivity index (χ2n) is 25.2. The number of fused-ring (bicyclic) bond motifs is 3. The number of nitrogens with one attached hydrogen (secondary N) is 3. The Bertz CT molecular complexity index is 4160. The second-order valence-corrected chi connectivity index (χ2v) is 26.7. The van der Waals surface area contributed by atoms with Crippen LogP contribution in [0.5, 0.6) is 5.75 Å². The van der Waals surface area contributed by atoms with Gasteiger partial charge in [0.15, 0.2) is 11.6 Å². The number of Topliss-reactive ketones (excluding diaryl/α,β-unsaturated/α-hetero) is 1. The summed E-state index contributed by atoms with van der Waals surface area (Å²) in [6.45, 7) is 13.4. The number of ketones is 2. The average Bonchev–Trinajstić information content (AvgIpc) is 1.70. The number of rotatable bonds is 35. The average molecular weight is 1370 g/mol. The van der Waals surface area contributed by atoms with E-state index < -0.39 is 40.7 Å². The number of carbonyl (C=O) groups excluding carboxylic acids is 7. The van der Waals surface area contributed by atoms with E-state index in [1.54, 1.807) is 28.0 Å². The van der Waals surface area contributed by atoms with Gasteiger partial charge >= 0.3 is 7.12 Å². The third kappa shape index (κ3) is 19.5. The maximum atomic E-state index is 14.6. The Morgan fingerprint density at radius 2 is 1.31 bits per heavy atom. The van der Waals surface area contributed by atoms with Crippen LogP contribution in [-0.4, -0.2) is 160 Å². The minimum atomic E-state index is -4.65. The van der Waals surface area contributed by atoms with E-state index in [4.69, 9.17) is 13.8 Å². The molecule has 0 spiro atoms. The largest absolute Gasteiger partial charge is 0.497 e. The van der Waals surface area contributed by atoms with Gasteiger partial charge in [-0.3, -0.25) is 38.1 Å². The Hall–Kier alpha value is -9.03. The number of hydrogen-bond acceptors (Lipinski definition) is 14. The van der Waals surface area contributed by atoms with Crippen molar-refractivity contribution >= 4 is 80.5 Å². The van der Waals surface area contributed by atoms with Gasteiger partial charge in [-0.15, -0.1) is 0 Å². The third-order valence-corrected chi connectivity index (χ3v) is 19.5. The molecule has 5 amide bonds. The molecule has 5 N–H and O–H groups in total. The predicted octanol–water partition coefficient (Wildman–Crippen LogP) is 8.56. The monoisotopic (exact) mass is 1370 g/mol. The number of hydrogen-bond donors (Lipinski definition) is 5. The Morgan fingerprint density at radius 3 is 2.02 bits per heavy atom. The molecule has 9 rings (SSSR count). The van der Waals surface area contributed by atoms with Crippen LogP contribution in [0.3, 0.4) is 0 Å². The van der Waals surface area contributed by atoms with Crippen molar-refractivity contribution < 1.29 is 65.4 Å². The molecule has 4 aliphatic rings. The summed E-state index contributed by atoms with van der Waals surface area (Å²) in [5.74, 6) is -1.85. The fraction of sp³-hybridized carbons (Fsp3) is 0.421. The number of carbonyl (C=O) groups is 7. The Balaban J connectivity index is 0.669. The zero-order valence-electron chi connectivity index (χ0n) is 57.6. The van der Waals surface area contributed by atoms with Crippen LogP contribution in [0, 0.1) is 0 Å². The van der Waals surface area contributed by atoms with Gasteiger partial charge in [-0.2, -0.15) is 8.42 Å². The summed E-state index contributed by atoms with van der Waals surface area (Å²) in [4.78, 5) is 99.4. The van der Waals surface area contributed by atoms with E-state index in [0.29, 0.717) is 115 Å². The van der Waals surface area contributed by atoms with E-state index in [2.05, 4.69) is 89.5 Å². The summed E-state index contributed by atoms with van der Waals surface area (Å²) in [7, 11) is -4.38. The smallest absolute Gasteiger partial charge is 0.495 e. The molecule has 23 heteroatoms. The molecular formula is C76H93BN7O14S+. The first kappa shape index (κ1) is 74.2. The lowest BCUT2D eigenvalue weighted by Crippen LogP contribution is -2.50. The summed E-state index contributed by atoms with van der Waals surface area (Å²) in [6.07, 6.45) is 5.68. The SMILES string of the molecule is CCN(CC)c1ccc2c(-c3ccccc3C(=O)N3CCN(C(=O)CCCCC(=O)NC(CS(=O)(=O)O)C(=O)CCCCCCC(=O)NCCNC(=O)c4cc(CCCCc5ccc(C(=O)c6ccccc6)cc5)c(OC)c5c4COB5O)CC3)c3ccc(=[N+](CC)CC)cc-3oc2c1. The van der Waals surface area contributed by atoms with E-state index in [1.165, 1.54) is 7.11 Å². The molecule has 1 saturated heterocycles. The molecule has 0 radical (unpaired) electrons. The van der Waals surface area contributed by atoms with Crippen LogP contribution in [0.1, 0.15) is 158 Å². The standard InChI is InChI=1S/C76H92BN7O14S/c1-6-81(7-2)56-37-39-60-66(48-56)98-67-49-57(82(8-3)9-4)38-40-61(67)71(60)58-27-19-20-28-59(58)76(91)84-45-43-83(44-46-84)70(88)32-22-21-31-69(87)80-64(51-99(93,94)95)65(85)29-15-10-11-16-30-68(86)78-41-42-79-75(90)62-47-55(74(96-5)72-63(62)50-97-77(72)92)26-18-17-23-52-33-35-54(36-34-52)73(89)53-24-13-12-14-25-53/h12-14,19-20,24-25,27-28,33-40,47-49,64,92H,6-11,15-18,21-23,26,29-32,41-46,50-51H2,1-5H3,(H3-,78,79,80,86,87,90,93,94,95)/p+1.